The molecule has 1 aromatic carbocycles. The number of anilines is 2. The molecule has 0 aliphatic rings. The fraction of sp³-hybridized carbons (Fsp3) is 0.182. The lowest BCUT2D eigenvalue weighted by Gasteiger charge is -2.11. The molecule has 2 rings (SSSR count). The van der Waals surface area contributed by atoms with E-state index in [1.165, 1.54) is 0 Å². The topological polar surface area (TPSA) is 50.9 Å². The number of benzene rings is 1. The van der Waals surface area contributed by atoms with Crippen molar-refractivity contribution < 1.29 is 0 Å². The lowest BCUT2D eigenvalue weighted by atomic mass is 10.1. The minimum Gasteiger partial charge on any atom is -0.396 e. The third kappa shape index (κ3) is 2.04. The number of hydrogen-bond donors (Lipinski definition) is 2. The SMILES string of the molecule is CCNc1c(N)cnc2c(I)cc(Cl)cc12. The van der Waals surface area contributed by atoms with Crippen molar-refractivity contribution in [1.82, 2.24) is 4.98 Å². The molecule has 0 unspecified atom stereocenters. The molecule has 1 aromatic heterocycles. The fourth-order valence-electron chi connectivity index (χ4n) is 1.62. The van der Waals surface area contributed by atoms with Gasteiger partial charge < -0.3 is 11.1 Å². The first-order valence-corrected chi connectivity index (χ1v) is 6.36. The highest BCUT2D eigenvalue weighted by molar-refractivity contribution is 14.1. The molecule has 0 atom stereocenters. The average Bonchev–Trinajstić information content (AvgIpc) is 2.22. The Morgan fingerprint density at radius 2 is 2.25 bits per heavy atom. The predicted octanol–water partition coefficient (Wildman–Crippen LogP) is 3.51. The molecular formula is C11H11ClIN3. The normalized spacial score (nSPS) is 10.7. The molecule has 0 spiro atoms. The fourth-order valence-corrected chi connectivity index (χ4v) is 2.78. The first-order valence-electron chi connectivity index (χ1n) is 4.90. The molecule has 0 fully saturated rings. The van der Waals surface area contributed by atoms with E-state index in [9.17, 15) is 0 Å². The Morgan fingerprint density at radius 3 is 2.94 bits per heavy atom. The quantitative estimate of drug-likeness (QED) is 0.818. The number of nitrogens with one attached hydrogen (secondary N) is 1. The summed E-state index contributed by atoms with van der Waals surface area (Å²) in [5.74, 6) is 0. The Morgan fingerprint density at radius 1 is 1.50 bits per heavy atom. The van der Waals surface area contributed by atoms with E-state index in [-0.39, 0.29) is 0 Å². The van der Waals surface area contributed by atoms with Gasteiger partial charge in [-0.05, 0) is 41.6 Å². The molecule has 84 valence electrons. The summed E-state index contributed by atoms with van der Waals surface area (Å²) >= 11 is 8.27. The third-order valence-corrected chi connectivity index (χ3v) is 3.31. The van der Waals surface area contributed by atoms with Gasteiger partial charge in [0.15, 0.2) is 0 Å². The Kier molecular flexibility index (Phi) is 3.39. The number of nitrogens with zero attached hydrogens (tertiary/aromatic N) is 1. The lowest BCUT2D eigenvalue weighted by molar-refractivity contribution is 1.21. The van der Waals surface area contributed by atoms with Gasteiger partial charge in [0, 0.05) is 20.5 Å². The Balaban J connectivity index is 2.80. The monoisotopic (exact) mass is 347 g/mol. The summed E-state index contributed by atoms with van der Waals surface area (Å²) in [5, 5.41) is 4.91. The second-order valence-electron chi connectivity index (χ2n) is 3.40. The van der Waals surface area contributed by atoms with Crippen LogP contribution in [0, 0.1) is 3.57 Å². The Hall–Kier alpha value is -0.750. The molecule has 0 saturated heterocycles. The molecule has 3 N–H and O–H groups in total. The van der Waals surface area contributed by atoms with Crippen LogP contribution in [0.3, 0.4) is 0 Å². The first kappa shape index (κ1) is 11.7. The molecule has 1 heterocycles. The average molecular weight is 348 g/mol. The molecular weight excluding hydrogens is 336 g/mol. The predicted molar refractivity (Wildman–Crippen MR) is 78.0 cm³/mol. The van der Waals surface area contributed by atoms with E-state index in [0.717, 1.165) is 26.7 Å². The van der Waals surface area contributed by atoms with Gasteiger partial charge in [-0.3, -0.25) is 4.98 Å². The molecule has 3 nitrogen and oxygen atoms in total. The van der Waals surface area contributed by atoms with E-state index >= 15 is 0 Å². The first-order chi connectivity index (χ1) is 7.63. The molecule has 5 heteroatoms. The van der Waals surface area contributed by atoms with Crippen LogP contribution in [0.1, 0.15) is 6.92 Å². The van der Waals surface area contributed by atoms with E-state index in [1.807, 2.05) is 19.1 Å². The number of pyridine rings is 1. The van der Waals surface area contributed by atoms with Gasteiger partial charge in [0.25, 0.3) is 0 Å². The highest BCUT2D eigenvalue weighted by atomic mass is 127. The number of aromatic nitrogens is 1. The molecule has 0 amide bonds. The highest BCUT2D eigenvalue weighted by Crippen LogP contribution is 2.32. The van der Waals surface area contributed by atoms with Crippen LogP contribution in [-0.2, 0) is 0 Å². The summed E-state index contributed by atoms with van der Waals surface area (Å²) in [5.41, 5.74) is 8.38. The number of hydrogen-bond acceptors (Lipinski definition) is 3. The van der Waals surface area contributed by atoms with Gasteiger partial charge in [0.2, 0.25) is 0 Å². The molecule has 0 aliphatic heterocycles. The van der Waals surface area contributed by atoms with Crippen molar-refractivity contribution in [2.24, 2.45) is 0 Å². The zero-order valence-corrected chi connectivity index (χ0v) is 11.6. The zero-order valence-electron chi connectivity index (χ0n) is 8.72. The largest absolute Gasteiger partial charge is 0.396 e. The van der Waals surface area contributed by atoms with Gasteiger partial charge in [-0.1, -0.05) is 11.6 Å². The Labute approximate surface area is 113 Å². The van der Waals surface area contributed by atoms with Gasteiger partial charge in [-0.25, -0.2) is 0 Å². The van der Waals surface area contributed by atoms with Crippen LogP contribution < -0.4 is 11.1 Å². The van der Waals surface area contributed by atoms with Gasteiger partial charge in [0.05, 0.1) is 23.1 Å². The van der Waals surface area contributed by atoms with Crippen molar-refractivity contribution in [3.8, 4) is 0 Å². The van der Waals surface area contributed by atoms with Crippen LogP contribution in [0.25, 0.3) is 10.9 Å². The number of rotatable bonds is 2. The van der Waals surface area contributed by atoms with E-state index in [1.54, 1.807) is 6.20 Å². The number of nitrogens with two attached hydrogens (primary N) is 1. The highest BCUT2D eigenvalue weighted by Gasteiger charge is 2.09. The van der Waals surface area contributed by atoms with Gasteiger partial charge in [0.1, 0.15) is 0 Å². The van der Waals surface area contributed by atoms with Crippen LogP contribution in [0.2, 0.25) is 5.02 Å². The maximum absolute atomic E-state index is 6.05. The lowest BCUT2D eigenvalue weighted by Crippen LogP contribution is -2.03. The summed E-state index contributed by atoms with van der Waals surface area (Å²) in [6.07, 6.45) is 1.68. The van der Waals surface area contributed by atoms with Crippen LogP contribution in [0.5, 0.6) is 0 Å². The van der Waals surface area contributed by atoms with Crippen molar-refractivity contribution in [2.75, 3.05) is 17.6 Å². The van der Waals surface area contributed by atoms with Gasteiger partial charge in [-0.15, -0.1) is 0 Å². The van der Waals surface area contributed by atoms with Crippen LogP contribution >= 0.6 is 34.2 Å². The number of nitrogen functional groups attached to an aromatic ring is 1. The summed E-state index contributed by atoms with van der Waals surface area (Å²) in [6, 6.07) is 3.78. The van der Waals surface area contributed by atoms with Crippen LogP contribution in [0.4, 0.5) is 11.4 Å². The molecule has 0 aliphatic carbocycles. The van der Waals surface area contributed by atoms with E-state index in [0.29, 0.717) is 10.7 Å². The summed E-state index contributed by atoms with van der Waals surface area (Å²) < 4.78 is 1.03. The number of fused-ring (bicyclic) bond motifs is 1. The van der Waals surface area contributed by atoms with Crippen molar-refractivity contribution in [1.29, 1.82) is 0 Å². The molecule has 2 aromatic rings. The van der Waals surface area contributed by atoms with Gasteiger partial charge in [-0.2, -0.15) is 0 Å². The van der Waals surface area contributed by atoms with Crippen molar-refractivity contribution in [3.05, 3.63) is 26.9 Å². The zero-order chi connectivity index (χ0) is 11.7. The van der Waals surface area contributed by atoms with Crippen molar-refractivity contribution >= 4 is 56.5 Å². The second kappa shape index (κ2) is 4.63. The second-order valence-corrected chi connectivity index (χ2v) is 5.00. The van der Waals surface area contributed by atoms with E-state index < -0.39 is 0 Å². The molecule has 0 radical (unpaired) electrons. The smallest absolute Gasteiger partial charge is 0.0858 e. The third-order valence-electron chi connectivity index (χ3n) is 2.27. The standard InChI is InChI=1S/C11H11ClIN3/c1-2-15-11-7-3-6(12)4-8(13)10(7)16-5-9(11)14/h3-5H,2,14H2,1H3,(H,15,16). The van der Waals surface area contributed by atoms with E-state index in [2.05, 4.69) is 32.9 Å². The summed E-state index contributed by atoms with van der Waals surface area (Å²) in [7, 11) is 0. The number of halogens is 2. The Bertz CT molecular complexity index is 542. The van der Waals surface area contributed by atoms with Crippen molar-refractivity contribution in [2.45, 2.75) is 6.92 Å². The maximum atomic E-state index is 6.05. The minimum absolute atomic E-state index is 0.646. The molecule has 0 saturated carbocycles. The van der Waals surface area contributed by atoms with Crippen LogP contribution in [-0.4, -0.2) is 11.5 Å². The van der Waals surface area contributed by atoms with Crippen LogP contribution in [0.15, 0.2) is 18.3 Å². The minimum atomic E-state index is 0.646. The van der Waals surface area contributed by atoms with E-state index in [4.69, 9.17) is 17.3 Å². The molecule has 0 bridgehead atoms. The maximum Gasteiger partial charge on any atom is 0.0858 e. The summed E-state index contributed by atoms with van der Waals surface area (Å²) in [4.78, 5) is 4.33. The van der Waals surface area contributed by atoms with Gasteiger partial charge >= 0.3 is 0 Å². The molecule has 16 heavy (non-hydrogen) atoms. The summed E-state index contributed by atoms with van der Waals surface area (Å²) in [6.45, 7) is 2.84. The van der Waals surface area contributed by atoms with Crippen molar-refractivity contribution in [3.63, 3.8) is 0 Å².